The summed E-state index contributed by atoms with van der Waals surface area (Å²) in [5.41, 5.74) is -0.252. The molecule has 0 aromatic rings. The van der Waals surface area contributed by atoms with Crippen LogP contribution < -0.4 is 58.2 Å². The van der Waals surface area contributed by atoms with Gasteiger partial charge in [0.05, 0.1) is 0 Å². The Hall–Kier alpha value is 1.21. The molecule has 2 atom stereocenters. The van der Waals surface area contributed by atoms with Gasteiger partial charge < -0.3 is 11.7 Å². The third kappa shape index (κ3) is 4.17. The molecule has 0 aromatic heterocycles. The van der Waals surface area contributed by atoms with Gasteiger partial charge in [-0.05, 0) is 23.0 Å². The van der Waals surface area contributed by atoms with Gasteiger partial charge >= 0.3 is 58.2 Å². The number of alkyl halides is 2. The molecule has 0 saturated heterocycles. The number of Topliss-reactive ketones (excluding diaryl/α,β-unsaturated/α-hetero) is 1. The number of ketones is 1. The van der Waals surface area contributed by atoms with Crippen molar-refractivity contribution in [1.82, 2.24) is 0 Å². The second-order valence-electron chi connectivity index (χ2n) is 5.31. The van der Waals surface area contributed by atoms with Gasteiger partial charge in [0.25, 0.3) is 0 Å². The van der Waals surface area contributed by atoms with E-state index >= 15 is 0 Å². The second-order valence-corrected chi connectivity index (χ2v) is 5.31. The molecule has 0 bridgehead atoms. The van der Waals surface area contributed by atoms with E-state index in [9.17, 15) is 13.6 Å². The molecule has 4 heteroatoms. The summed E-state index contributed by atoms with van der Waals surface area (Å²) in [6.07, 6.45) is -0.500. The first-order chi connectivity index (χ1) is 6.13. The number of rotatable bonds is 1. The van der Waals surface area contributed by atoms with E-state index in [0.717, 1.165) is 0 Å². The van der Waals surface area contributed by atoms with Crippen LogP contribution in [0.5, 0.6) is 0 Å². The van der Waals surface area contributed by atoms with Gasteiger partial charge in [-0.1, -0.05) is 20.8 Å². The molecule has 0 N–H and O–H groups in total. The van der Waals surface area contributed by atoms with Crippen LogP contribution >= 0.6 is 0 Å². The maximum absolute atomic E-state index is 13.2. The van der Waals surface area contributed by atoms with Gasteiger partial charge in [-0.25, -0.2) is 8.78 Å². The average Bonchev–Trinajstić information content (AvgIpc) is 2.24. The minimum Gasteiger partial charge on any atom is -0.339 e. The first-order valence-corrected chi connectivity index (χ1v) is 4.87. The second kappa shape index (κ2) is 5.24. The molecule has 0 aliphatic heterocycles. The smallest absolute Gasteiger partial charge is 0.339 e. The van der Waals surface area contributed by atoms with Crippen LogP contribution in [0.15, 0.2) is 0 Å². The van der Waals surface area contributed by atoms with Crippen molar-refractivity contribution in [1.29, 1.82) is 0 Å². The van der Waals surface area contributed by atoms with Gasteiger partial charge in [-0.3, -0.25) is 0 Å². The summed E-state index contributed by atoms with van der Waals surface area (Å²) in [6, 6.07) is 0. The number of halogens is 2. The number of hydrogen-bond donors (Lipinski definition) is 0. The largest absolute Gasteiger partial charge is 1.00 e. The predicted octanol–water partition coefficient (Wildman–Crippen LogP) is 0.101. The molecule has 0 amide bonds. The van der Waals surface area contributed by atoms with E-state index in [4.69, 9.17) is 0 Å². The van der Waals surface area contributed by atoms with E-state index in [2.05, 4.69) is 6.92 Å². The third-order valence-corrected chi connectivity index (χ3v) is 3.05. The predicted molar refractivity (Wildman–Crippen MR) is 51.0 cm³/mol. The standard InChI is InChI=1S/C11H17F2O.Rb/c1-7(14)8-5-11(12,13)6-9(8)10(2,3)4;/h8-9H,1,5-6H2,2-4H3;/q-1;+1. The number of carbonyl (C=O) groups excluding carboxylic acids is 1. The SMILES string of the molecule is [CH2-]C(=O)C1CC(F)(F)CC1C(C)(C)C.[Rb+]. The molecular weight excluding hydrogens is 272 g/mol. The van der Waals surface area contributed by atoms with Gasteiger partial charge in [0.2, 0.25) is 5.92 Å². The minimum atomic E-state index is -2.68. The molecule has 1 rings (SSSR count). The molecule has 1 aliphatic carbocycles. The topological polar surface area (TPSA) is 17.1 Å². The Morgan fingerprint density at radius 2 is 1.80 bits per heavy atom. The van der Waals surface area contributed by atoms with Crippen LogP contribution in [0, 0.1) is 24.2 Å². The Kier molecular flexibility index (Phi) is 5.66. The summed E-state index contributed by atoms with van der Waals surface area (Å²) < 4.78 is 26.3. The Labute approximate surface area is 139 Å². The Balaban J connectivity index is 0.00000196. The Morgan fingerprint density at radius 3 is 2.07 bits per heavy atom. The fourth-order valence-corrected chi connectivity index (χ4v) is 2.26. The zero-order valence-electron chi connectivity index (χ0n) is 9.94. The van der Waals surface area contributed by atoms with Gasteiger partial charge in [-0.2, -0.15) is 0 Å². The number of hydrogen-bond acceptors (Lipinski definition) is 1. The first-order valence-electron chi connectivity index (χ1n) is 4.87. The van der Waals surface area contributed by atoms with Crippen LogP contribution in [0.4, 0.5) is 8.78 Å². The third-order valence-electron chi connectivity index (χ3n) is 3.05. The quantitative estimate of drug-likeness (QED) is 0.626. The van der Waals surface area contributed by atoms with Crippen LogP contribution in [-0.4, -0.2) is 11.7 Å². The van der Waals surface area contributed by atoms with Crippen molar-refractivity contribution >= 4 is 5.78 Å². The fraction of sp³-hybridized carbons (Fsp3) is 0.818. The average molecular weight is 289 g/mol. The molecule has 1 saturated carbocycles. The van der Waals surface area contributed by atoms with E-state index in [1.165, 1.54) is 0 Å². The zero-order chi connectivity index (χ0) is 11.1. The molecule has 0 aromatic carbocycles. The van der Waals surface area contributed by atoms with Crippen LogP contribution in [0.1, 0.15) is 33.6 Å². The van der Waals surface area contributed by atoms with Crippen molar-refractivity contribution in [2.75, 3.05) is 0 Å². The summed E-state index contributed by atoms with van der Waals surface area (Å²) in [4.78, 5) is 11.1. The molecule has 0 spiro atoms. The fourth-order valence-electron chi connectivity index (χ4n) is 2.26. The molecular formula is C11H17F2ORb. The molecule has 2 unspecified atom stereocenters. The van der Waals surface area contributed by atoms with Gasteiger partial charge in [-0.15, -0.1) is 0 Å². The van der Waals surface area contributed by atoms with Crippen molar-refractivity contribution in [2.45, 2.75) is 39.5 Å². The normalized spacial score (nSPS) is 29.7. The van der Waals surface area contributed by atoms with Crippen LogP contribution in [0.3, 0.4) is 0 Å². The van der Waals surface area contributed by atoms with E-state index in [0.29, 0.717) is 0 Å². The van der Waals surface area contributed by atoms with Gasteiger partial charge in [0.1, 0.15) is 0 Å². The van der Waals surface area contributed by atoms with Crippen LogP contribution in [-0.2, 0) is 4.79 Å². The van der Waals surface area contributed by atoms with Crippen molar-refractivity contribution in [3.8, 4) is 0 Å². The van der Waals surface area contributed by atoms with E-state index < -0.39 is 11.8 Å². The van der Waals surface area contributed by atoms with Crippen molar-refractivity contribution < 1.29 is 71.8 Å². The van der Waals surface area contributed by atoms with Crippen molar-refractivity contribution in [3.63, 3.8) is 0 Å². The maximum atomic E-state index is 13.2. The summed E-state index contributed by atoms with van der Waals surface area (Å²) in [5, 5.41) is 0. The van der Waals surface area contributed by atoms with Gasteiger partial charge in [0.15, 0.2) is 0 Å². The summed E-state index contributed by atoms with van der Waals surface area (Å²) in [5.74, 6) is -3.84. The van der Waals surface area contributed by atoms with Crippen LogP contribution in [0.25, 0.3) is 0 Å². The van der Waals surface area contributed by atoms with E-state index in [-0.39, 0.29) is 88.1 Å². The Bertz CT molecular complexity index is 245. The number of carbonyl (C=O) groups is 1. The maximum Gasteiger partial charge on any atom is 1.00 e. The molecule has 15 heavy (non-hydrogen) atoms. The molecule has 1 nitrogen and oxygen atoms in total. The summed E-state index contributed by atoms with van der Waals surface area (Å²) >= 11 is 0. The zero-order valence-corrected chi connectivity index (χ0v) is 14.9. The van der Waals surface area contributed by atoms with E-state index in [1.54, 1.807) is 0 Å². The van der Waals surface area contributed by atoms with Crippen molar-refractivity contribution in [3.05, 3.63) is 6.92 Å². The van der Waals surface area contributed by atoms with Crippen LogP contribution in [0.2, 0.25) is 0 Å². The minimum absolute atomic E-state index is 0. The van der Waals surface area contributed by atoms with Gasteiger partial charge in [0, 0.05) is 12.8 Å². The summed E-state index contributed by atoms with van der Waals surface area (Å²) in [7, 11) is 0. The molecule has 1 fully saturated rings. The van der Waals surface area contributed by atoms with Crippen molar-refractivity contribution in [2.24, 2.45) is 17.3 Å². The first kappa shape index (κ1) is 16.2. The monoisotopic (exact) mass is 288 g/mol. The molecule has 82 valence electrons. The Morgan fingerprint density at radius 1 is 1.33 bits per heavy atom. The molecule has 0 heterocycles. The summed E-state index contributed by atoms with van der Waals surface area (Å²) in [6.45, 7) is 8.97. The molecule has 1 aliphatic rings. The molecule has 0 radical (unpaired) electrons. The van der Waals surface area contributed by atoms with E-state index in [1.807, 2.05) is 20.8 Å².